The van der Waals surface area contributed by atoms with Crippen molar-refractivity contribution in [3.05, 3.63) is 0 Å². The molecule has 1 aliphatic rings. The third-order valence-corrected chi connectivity index (χ3v) is 1.29. The topological polar surface area (TPSA) is 41.8 Å². The van der Waals surface area contributed by atoms with Gasteiger partial charge >= 0.3 is 12.0 Å². The van der Waals surface area contributed by atoms with Gasteiger partial charge < -0.3 is 9.94 Å². The Balaban J connectivity index is 2.74. The van der Waals surface area contributed by atoms with Crippen molar-refractivity contribution >= 4 is 5.71 Å². The number of hydrogen-bond acceptors (Lipinski definition) is 3. The number of alkyl halides is 3. The van der Waals surface area contributed by atoms with Crippen LogP contribution in [0.3, 0.4) is 0 Å². The highest BCUT2D eigenvalue weighted by atomic mass is 19.4. The first-order valence-electron chi connectivity index (χ1n) is 2.86. The van der Waals surface area contributed by atoms with Crippen molar-refractivity contribution in [2.24, 2.45) is 5.16 Å². The zero-order valence-corrected chi connectivity index (χ0v) is 5.64. The number of hydrogen-bond donors (Lipinski definition) is 1. The van der Waals surface area contributed by atoms with E-state index in [-0.39, 0.29) is 5.71 Å². The Bertz CT molecular complexity index is 200. The molecule has 1 aliphatic heterocycles. The Labute approximate surface area is 60.4 Å². The summed E-state index contributed by atoms with van der Waals surface area (Å²) in [6.07, 6.45) is -5.40. The van der Waals surface area contributed by atoms with E-state index < -0.39 is 18.4 Å². The van der Waals surface area contributed by atoms with Crippen LogP contribution in [-0.4, -0.2) is 22.8 Å². The molecule has 1 rings (SSSR count). The van der Waals surface area contributed by atoms with Gasteiger partial charge in [0.1, 0.15) is 0 Å². The van der Waals surface area contributed by atoms with Crippen LogP contribution >= 0.6 is 0 Å². The summed E-state index contributed by atoms with van der Waals surface area (Å²) in [6.45, 7) is 1.35. The van der Waals surface area contributed by atoms with Crippen LogP contribution in [0.4, 0.5) is 13.2 Å². The fraction of sp³-hybridized carbons (Fsp3) is 0.800. The first kappa shape index (κ1) is 8.32. The molecule has 64 valence electrons. The standard InChI is InChI=1S/C5H6F3NO2/c1-3-2-4(10,11-9-3)5(6,7)8/h10H,2H2,1H3/t4-/m0/s1. The Morgan fingerprint density at radius 1 is 1.64 bits per heavy atom. The molecule has 0 saturated carbocycles. The van der Waals surface area contributed by atoms with Crippen molar-refractivity contribution < 1.29 is 23.1 Å². The minimum Gasteiger partial charge on any atom is -0.350 e. The molecule has 0 aromatic heterocycles. The van der Waals surface area contributed by atoms with Gasteiger partial charge in [-0.3, -0.25) is 0 Å². The predicted molar refractivity (Wildman–Crippen MR) is 29.8 cm³/mol. The van der Waals surface area contributed by atoms with Crippen molar-refractivity contribution in [3.63, 3.8) is 0 Å². The van der Waals surface area contributed by atoms with Crippen molar-refractivity contribution in [3.8, 4) is 0 Å². The maximum Gasteiger partial charge on any atom is 0.458 e. The average molecular weight is 169 g/mol. The first-order valence-corrected chi connectivity index (χ1v) is 2.86. The second-order valence-electron chi connectivity index (χ2n) is 2.38. The Hall–Kier alpha value is -0.780. The Kier molecular flexibility index (Phi) is 1.59. The van der Waals surface area contributed by atoms with Crippen LogP contribution in [0, 0.1) is 0 Å². The third-order valence-electron chi connectivity index (χ3n) is 1.29. The molecule has 6 heteroatoms. The van der Waals surface area contributed by atoms with Crippen molar-refractivity contribution in [1.29, 1.82) is 0 Å². The van der Waals surface area contributed by atoms with Crippen molar-refractivity contribution in [1.82, 2.24) is 0 Å². The number of aliphatic hydroxyl groups is 1. The molecule has 1 heterocycles. The second kappa shape index (κ2) is 2.10. The van der Waals surface area contributed by atoms with Gasteiger partial charge in [-0.15, -0.1) is 0 Å². The highest BCUT2D eigenvalue weighted by Gasteiger charge is 2.59. The van der Waals surface area contributed by atoms with E-state index in [2.05, 4.69) is 9.99 Å². The quantitative estimate of drug-likeness (QED) is 0.588. The van der Waals surface area contributed by atoms with Gasteiger partial charge in [-0.1, -0.05) is 5.16 Å². The smallest absolute Gasteiger partial charge is 0.350 e. The van der Waals surface area contributed by atoms with E-state index in [0.29, 0.717) is 0 Å². The number of rotatable bonds is 0. The van der Waals surface area contributed by atoms with Gasteiger partial charge in [0, 0.05) is 0 Å². The van der Waals surface area contributed by atoms with Crippen LogP contribution < -0.4 is 0 Å². The summed E-state index contributed by atoms with van der Waals surface area (Å²) < 4.78 is 35.6. The Morgan fingerprint density at radius 3 is 2.36 bits per heavy atom. The highest BCUT2D eigenvalue weighted by molar-refractivity contribution is 5.83. The molecular weight excluding hydrogens is 163 g/mol. The van der Waals surface area contributed by atoms with Gasteiger partial charge in [-0.05, 0) is 6.92 Å². The van der Waals surface area contributed by atoms with E-state index in [1.807, 2.05) is 0 Å². The van der Waals surface area contributed by atoms with Crippen LogP contribution in [-0.2, 0) is 4.84 Å². The monoisotopic (exact) mass is 169 g/mol. The SMILES string of the molecule is CC1=NO[C@](O)(C(F)(F)F)C1. The minimum atomic E-state index is -4.78. The van der Waals surface area contributed by atoms with Crippen LogP contribution in [0.5, 0.6) is 0 Å². The molecular formula is C5H6F3NO2. The summed E-state index contributed by atoms with van der Waals surface area (Å²) in [5.74, 6) is -3.10. The minimum absolute atomic E-state index is 0.129. The van der Waals surface area contributed by atoms with Gasteiger partial charge in [0.25, 0.3) is 0 Å². The second-order valence-corrected chi connectivity index (χ2v) is 2.38. The molecule has 11 heavy (non-hydrogen) atoms. The molecule has 0 aliphatic carbocycles. The maximum atomic E-state index is 11.9. The molecule has 0 saturated heterocycles. The van der Waals surface area contributed by atoms with E-state index in [9.17, 15) is 13.2 Å². The predicted octanol–water partition coefficient (Wildman–Crippen LogP) is 1.03. The van der Waals surface area contributed by atoms with Crippen LogP contribution in [0.25, 0.3) is 0 Å². The van der Waals surface area contributed by atoms with E-state index >= 15 is 0 Å². The molecule has 3 nitrogen and oxygen atoms in total. The van der Waals surface area contributed by atoms with Gasteiger partial charge in [-0.25, -0.2) is 0 Å². The molecule has 0 radical (unpaired) electrons. The van der Waals surface area contributed by atoms with Crippen LogP contribution in [0.15, 0.2) is 5.16 Å². The lowest BCUT2D eigenvalue weighted by Crippen LogP contribution is -2.45. The lowest BCUT2D eigenvalue weighted by molar-refractivity contribution is -0.355. The number of oxime groups is 1. The molecule has 0 bridgehead atoms. The van der Waals surface area contributed by atoms with Crippen LogP contribution in [0.1, 0.15) is 13.3 Å². The summed E-state index contributed by atoms with van der Waals surface area (Å²) >= 11 is 0. The lowest BCUT2D eigenvalue weighted by Gasteiger charge is -2.22. The van der Waals surface area contributed by atoms with E-state index in [0.717, 1.165) is 0 Å². The van der Waals surface area contributed by atoms with Gasteiger partial charge in [0.05, 0.1) is 12.1 Å². The third kappa shape index (κ3) is 1.30. The Morgan fingerprint density at radius 2 is 2.18 bits per heavy atom. The maximum absolute atomic E-state index is 11.9. The molecule has 0 amide bonds. The summed E-state index contributed by atoms with van der Waals surface area (Å²) in [7, 11) is 0. The zero-order valence-electron chi connectivity index (χ0n) is 5.64. The van der Waals surface area contributed by atoms with Gasteiger partial charge in [0.15, 0.2) is 0 Å². The summed E-state index contributed by atoms with van der Waals surface area (Å²) in [5.41, 5.74) is 0.129. The van der Waals surface area contributed by atoms with E-state index in [1.54, 1.807) is 0 Å². The fourth-order valence-corrected chi connectivity index (χ4v) is 0.717. The molecule has 0 unspecified atom stereocenters. The van der Waals surface area contributed by atoms with E-state index in [4.69, 9.17) is 5.11 Å². The normalized spacial score (nSPS) is 31.5. The van der Waals surface area contributed by atoms with Crippen LogP contribution in [0.2, 0.25) is 0 Å². The van der Waals surface area contributed by atoms with E-state index in [1.165, 1.54) is 6.92 Å². The first-order chi connectivity index (χ1) is 4.85. The summed E-state index contributed by atoms with van der Waals surface area (Å²) in [6, 6.07) is 0. The fourth-order valence-electron chi connectivity index (χ4n) is 0.717. The average Bonchev–Trinajstić information content (AvgIpc) is 2.10. The van der Waals surface area contributed by atoms with Gasteiger partial charge in [0.2, 0.25) is 0 Å². The molecule has 0 spiro atoms. The summed E-state index contributed by atoms with van der Waals surface area (Å²) in [4.78, 5) is 3.84. The molecule has 0 fully saturated rings. The molecule has 1 N–H and O–H groups in total. The highest BCUT2D eigenvalue weighted by Crippen LogP contribution is 2.37. The van der Waals surface area contributed by atoms with Crippen molar-refractivity contribution in [2.45, 2.75) is 25.3 Å². The molecule has 0 aromatic carbocycles. The van der Waals surface area contributed by atoms with Crippen molar-refractivity contribution in [2.75, 3.05) is 0 Å². The number of halogens is 3. The zero-order chi connectivity index (χ0) is 8.70. The largest absolute Gasteiger partial charge is 0.458 e. The number of nitrogens with zero attached hydrogens (tertiary/aromatic N) is 1. The molecule has 0 aromatic rings. The lowest BCUT2D eigenvalue weighted by atomic mass is 10.1. The molecule has 1 atom stereocenters. The van der Waals surface area contributed by atoms with Gasteiger partial charge in [-0.2, -0.15) is 13.2 Å². The summed E-state index contributed by atoms with van der Waals surface area (Å²) in [5, 5.41) is 11.7.